The molecule has 2 aliphatic rings. The summed E-state index contributed by atoms with van der Waals surface area (Å²) in [5.41, 5.74) is 0.902. The van der Waals surface area contributed by atoms with Gasteiger partial charge in [0.25, 0.3) is 0 Å². The Bertz CT molecular complexity index is 601. The van der Waals surface area contributed by atoms with E-state index < -0.39 is 11.9 Å². The van der Waals surface area contributed by atoms with E-state index in [-0.39, 0.29) is 17.9 Å². The molecule has 3 unspecified atom stereocenters. The normalized spacial score (nSPS) is 27.1. The number of hydrogen-bond acceptors (Lipinski definition) is 3. The van der Waals surface area contributed by atoms with Gasteiger partial charge in [0.15, 0.2) is 0 Å². The van der Waals surface area contributed by atoms with Crippen molar-refractivity contribution in [3.05, 3.63) is 29.8 Å². The van der Waals surface area contributed by atoms with Crippen LogP contribution in [0.15, 0.2) is 24.3 Å². The monoisotopic (exact) mass is 331 g/mol. The SMILES string of the molecule is O=C(NC1CCCCCCC1C(=O)O)C1CCOc2ccccc21. The molecule has 1 aliphatic heterocycles. The summed E-state index contributed by atoms with van der Waals surface area (Å²) in [6.45, 7) is 0.516. The predicted molar refractivity (Wildman–Crippen MR) is 90.1 cm³/mol. The van der Waals surface area contributed by atoms with Crippen LogP contribution in [-0.2, 0) is 9.59 Å². The standard InChI is InChI=1S/C19H25NO4/c21-18(14-11-12-24-17-10-6-5-7-13(14)17)20-16-9-4-2-1-3-8-15(16)19(22)23/h5-7,10,14-16H,1-4,8-9,11-12H2,(H,20,21)(H,22,23). The number of hydrogen-bond donors (Lipinski definition) is 2. The third-order valence-electron chi connectivity index (χ3n) is 5.19. The van der Waals surface area contributed by atoms with Gasteiger partial charge in [-0.1, -0.05) is 43.9 Å². The fourth-order valence-corrected chi connectivity index (χ4v) is 3.85. The Hall–Kier alpha value is -2.04. The van der Waals surface area contributed by atoms with E-state index in [1.807, 2.05) is 24.3 Å². The first-order valence-electron chi connectivity index (χ1n) is 8.91. The molecule has 0 aromatic heterocycles. The maximum absolute atomic E-state index is 12.8. The van der Waals surface area contributed by atoms with E-state index in [9.17, 15) is 14.7 Å². The minimum Gasteiger partial charge on any atom is -0.493 e. The molecule has 1 fully saturated rings. The second kappa shape index (κ2) is 7.69. The molecule has 1 saturated carbocycles. The lowest BCUT2D eigenvalue weighted by Gasteiger charge is -2.30. The molecule has 5 nitrogen and oxygen atoms in total. The number of amides is 1. The van der Waals surface area contributed by atoms with E-state index in [1.54, 1.807) is 0 Å². The van der Waals surface area contributed by atoms with E-state index in [4.69, 9.17) is 4.74 Å². The number of carbonyl (C=O) groups excluding carboxylic acids is 1. The Labute approximate surface area is 142 Å². The summed E-state index contributed by atoms with van der Waals surface area (Å²) < 4.78 is 5.62. The van der Waals surface area contributed by atoms with Crippen LogP contribution in [-0.4, -0.2) is 29.6 Å². The van der Waals surface area contributed by atoms with E-state index in [1.165, 1.54) is 0 Å². The fraction of sp³-hybridized carbons (Fsp3) is 0.579. The molecular weight excluding hydrogens is 306 g/mol. The molecule has 0 saturated heterocycles. The maximum Gasteiger partial charge on any atom is 0.308 e. The third kappa shape index (κ3) is 3.71. The first kappa shape index (κ1) is 16.8. The van der Waals surface area contributed by atoms with Gasteiger partial charge in [-0.15, -0.1) is 0 Å². The number of ether oxygens (including phenoxy) is 1. The summed E-state index contributed by atoms with van der Waals surface area (Å²) in [5, 5.41) is 12.6. The van der Waals surface area contributed by atoms with E-state index in [0.717, 1.165) is 43.4 Å². The van der Waals surface area contributed by atoms with Crippen molar-refractivity contribution in [2.24, 2.45) is 5.92 Å². The van der Waals surface area contributed by atoms with Gasteiger partial charge in [0, 0.05) is 11.6 Å². The lowest BCUT2D eigenvalue weighted by Crippen LogP contribution is -2.46. The summed E-state index contributed by atoms with van der Waals surface area (Å²) in [7, 11) is 0. The average molecular weight is 331 g/mol. The average Bonchev–Trinajstić information content (AvgIpc) is 2.56. The van der Waals surface area contributed by atoms with Crippen molar-refractivity contribution in [2.45, 2.75) is 56.9 Å². The Morgan fingerprint density at radius 2 is 1.79 bits per heavy atom. The molecule has 5 heteroatoms. The van der Waals surface area contributed by atoms with Gasteiger partial charge in [-0.05, 0) is 25.3 Å². The van der Waals surface area contributed by atoms with Crippen molar-refractivity contribution in [2.75, 3.05) is 6.61 Å². The lowest BCUT2D eigenvalue weighted by atomic mass is 9.85. The molecule has 3 rings (SSSR count). The molecule has 0 spiro atoms. The van der Waals surface area contributed by atoms with Crippen LogP contribution >= 0.6 is 0 Å². The Kier molecular flexibility index (Phi) is 5.38. The minimum absolute atomic E-state index is 0.0671. The molecule has 1 aromatic rings. The summed E-state index contributed by atoms with van der Waals surface area (Å²) in [6.07, 6.45) is 6.10. The molecule has 0 radical (unpaired) electrons. The van der Waals surface area contributed by atoms with E-state index >= 15 is 0 Å². The molecule has 1 amide bonds. The molecule has 1 aromatic carbocycles. The van der Waals surface area contributed by atoms with Crippen molar-refractivity contribution in [1.82, 2.24) is 5.32 Å². The second-order valence-electron chi connectivity index (χ2n) is 6.78. The predicted octanol–water partition coefficient (Wildman–Crippen LogP) is 3.09. The van der Waals surface area contributed by atoms with Crippen molar-refractivity contribution in [3.8, 4) is 5.75 Å². The molecule has 130 valence electrons. The van der Waals surface area contributed by atoms with Crippen LogP contribution in [0.3, 0.4) is 0 Å². The van der Waals surface area contributed by atoms with Crippen LogP contribution in [0.5, 0.6) is 5.75 Å². The lowest BCUT2D eigenvalue weighted by molar-refractivity contribution is -0.143. The maximum atomic E-state index is 12.8. The first-order valence-corrected chi connectivity index (χ1v) is 8.91. The highest BCUT2D eigenvalue weighted by atomic mass is 16.5. The van der Waals surface area contributed by atoms with Crippen LogP contribution in [0.1, 0.15) is 56.4 Å². The van der Waals surface area contributed by atoms with Crippen LogP contribution in [0.25, 0.3) is 0 Å². The highest BCUT2D eigenvalue weighted by molar-refractivity contribution is 5.85. The van der Waals surface area contributed by atoms with Crippen molar-refractivity contribution < 1.29 is 19.4 Å². The van der Waals surface area contributed by atoms with Gasteiger partial charge in [-0.3, -0.25) is 9.59 Å². The van der Waals surface area contributed by atoms with Crippen LogP contribution in [0.2, 0.25) is 0 Å². The topological polar surface area (TPSA) is 75.6 Å². The van der Waals surface area contributed by atoms with Gasteiger partial charge in [-0.2, -0.15) is 0 Å². The number of fused-ring (bicyclic) bond motifs is 1. The number of nitrogens with one attached hydrogen (secondary N) is 1. The number of carboxylic acids is 1. The number of rotatable bonds is 3. The van der Waals surface area contributed by atoms with Crippen LogP contribution in [0, 0.1) is 5.92 Å². The Morgan fingerprint density at radius 3 is 2.58 bits per heavy atom. The van der Waals surface area contributed by atoms with E-state index in [0.29, 0.717) is 19.4 Å². The first-order chi connectivity index (χ1) is 11.7. The summed E-state index contributed by atoms with van der Waals surface area (Å²) in [6, 6.07) is 7.33. The molecule has 0 bridgehead atoms. The second-order valence-corrected chi connectivity index (χ2v) is 6.78. The molecule has 2 N–H and O–H groups in total. The van der Waals surface area contributed by atoms with Crippen LogP contribution in [0.4, 0.5) is 0 Å². The van der Waals surface area contributed by atoms with Crippen LogP contribution < -0.4 is 10.1 Å². The fourth-order valence-electron chi connectivity index (χ4n) is 3.85. The number of carboxylic acid groups (broad SMARTS) is 1. The van der Waals surface area contributed by atoms with Crippen molar-refractivity contribution >= 4 is 11.9 Å². The van der Waals surface area contributed by atoms with Gasteiger partial charge in [0.05, 0.1) is 18.4 Å². The third-order valence-corrected chi connectivity index (χ3v) is 5.19. The summed E-state index contributed by atoms with van der Waals surface area (Å²) in [5.74, 6) is -0.840. The highest BCUT2D eigenvalue weighted by Gasteiger charge is 2.33. The molecule has 24 heavy (non-hydrogen) atoms. The minimum atomic E-state index is -0.797. The van der Waals surface area contributed by atoms with Crippen molar-refractivity contribution in [3.63, 3.8) is 0 Å². The number of carbonyl (C=O) groups is 2. The zero-order valence-electron chi connectivity index (χ0n) is 13.9. The van der Waals surface area contributed by atoms with Gasteiger partial charge in [0.1, 0.15) is 5.75 Å². The zero-order valence-corrected chi connectivity index (χ0v) is 13.9. The number of para-hydroxylation sites is 1. The summed E-state index contributed by atoms with van der Waals surface area (Å²) in [4.78, 5) is 24.5. The molecule has 1 aliphatic carbocycles. The molecule has 3 atom stereocenters. The molecular formula is C19H25NO4. The molecule has 1 heterocycles. The zero-order chi connectivity index (χ0) is 16.9. The van der Waals surface area contributed by atoms with Gasteiger partial charge < -0.3 is 15.2 Å². The van der Waals surface area contributed by atoms with E-state index in [2.05, 4.69) is 5.32 Å². The number of aliphatic carboxylic acids is 1. The van der Waals surface area contributed by atoms with Gasteiger partial charge in [-0.25, -0.2) is 0 Å². The Morgan fingerprint density at radius 1 is 1.04 bits per heavy atom. The number of benzene rings is 1. The smallest absolute Gasteiger partial charge is 0.308 e. The van der Waals surface area contributed by atoms with Gasteiger partial charge >= 0.3 is 5.97 Å². The van der Waals surface area contributed by atoms with Gasteiger partial charge in [0.2, 0.25) is 5.91 Å². The quantitative estimate of drug-likeness (QED) is 0.892. The largest absolute Gasteiger partial charge is 0.493 e. The Balaban J connectivity index is 1.74. The highest BCUT2D eigenvalue weighted by Crippen LogP contribution is 2.34. The van der Waals surface area contributed by atoms with Crippen molar-refractivity contribution in [1.29, 1.82) is 0 Å². The summed E-state index contributed by atoms with van der Waals surface area (Å²) >= 11 is 0.